The fourth-order valence-corrected chi connectivity index (χ4v) is 3.45. The Balaban J connectivity index is 1.77. The largest absolute Gasteiger partial charge is 0.481 e. The van der Waals surface area contributed by atoms with Crippen LogP contribution in [0.3, 0.4) is 0 Å². The summed E-state index contributed by atoms with van der Waals surface area (Å²) >= 11 is 0. The molecule has 2 aliphatic rings. The molecule has 1 heterocycles. The van der Waals surface area contributed by atoms with Gasteiger partial charge in [0, 0.05) is 5.69 Å². The van der Waals surface area contributed by atoms with Gasteiger partial charge in [-0.15, -0.1) is 0 Å². The van der Waals surface area contributed by atoms with Crippen molar-refractivity contribution in [1.29, 1.82) is 0 Å². The number of anilines is 2. The van der Waals surface area contributed by atoms with E-state index in [-0.39, 0.29) is 18.4 Å². The van der Waals surface area contributed by atoms with E-state index in [2.05, 4.69) is 10.6 Å². The number of hydrogen-bond acceptors (Lipinski definition) is 4. The minimum Gasteiger partial charge on any atom is -0.481 e. The van der Waals surface area contributed by atoms with Crippen LogP contribution in [-0.4, -0.2) is 35.5 Å². The van der Waals surface area contributed by atoms with Crippen molar-refractivity contribution < 1.29 is 24.3 Å². The van der Waals surface area contributed by atoms with Crippen molar-refractivity contribution in [1.82, 2.24) is 5.32 Å². The van der Waals surface area contributed by atoms with E-state index in [1.54, 1.807) is 18.2 Å². The van der Waals surface area contributed by atoms with Crippen molar-refractivity contribution in [2.24, 2.45) is 11.8 Å². The number of carbonyl (C=O) groups excluding carboxylic acids is 3. The highest BCUT2D eigenvalue weighted by Gasteiger charge is 2.36. The van der Waals surface area contributed by atoms with Gasteiger partial charge in [0.15, 0.2) is 0 Å². The Morgan fingerprint density at radius 1 is 1.24 bits per heavy atom. The van der Waals surface area contributed by atoms with Crippen molar-refractivity contribution in [2.45, 2.75) is 25.7 Å². The van der Waals surface area contributed by atoms with Gasteiger partial charge in [0.2, 0.25) is 5.91 Å². The molecule has 25 heavy (non-hydrogen) atoms. The smallest absolute Gasteiger partial charge is 0.329 e. The van der Waals surface area contributed by atoms with Crippen LogP contribution in [0, 0.1) is 11.8 Å². The van der Waals surface area contributed by atoms with Gasteiger partial charge in [-0.1, -0.05) is 18.9 Å². The Morgan fingerprint density at radius 3 is 2.56 bits per heavy atom. The number of imide groups is 1. The molecule has 1 saturated carbocycles. The first-order valence-corrected chi connectivity index (χ1v) is 8.22. The quantitative estimate of drug-likeness (QED) is 0.553. The molecule has 1 aromatic carbocycles. The molecule has 0 bridgehead atoms. The van der Waals surface area contributed by atoms with E-state index in [9.17, 15) is 24.3 Å². The molecule has 0 spiro atoms. The van der Waals surface area contributed by atoms with Crippen LogP contribution in [0.2, 0.25) is 0 Å². The maximum Gasteiger partial charge on any atom is 0.329 e. The Kier molecular flexibility index (Phi) is 4.69. The molecule has 3 rings (SSSR count). The van der Waals surface area contributed by atoms with Crippen LogP contribution in [0.5, 0.6) is 0 Å². The first kappa shape index (κ1) is 16.9. The van der Waals surface area contributed by atoms with E-state index in [4.69, 9.17) is 0 Å². The summed E-state index contributed by atoms with van der Waals surface area (Å²) in [6.45, 7) is -0.0712. The summed E-state index contributed by atoms with van der Waals surface area (Å²) in [6.07, 6.45) is 3.33. The van der Waals surface area contributed by atoms with Crippen LogP contribution in [0.1, 0.15) is 25.7 Å². The van der Waals surface area contributed by atoms with Crippen LogP contribution >= 0.6 is 0 Å². The second kappa shape index (κ2) is 6.92. The third-order valence-electron chi connectivity index (χ3n) is 4.63. The second-order valence-electron chi connectivity index (χ2n) is 6.29. The molecule has 8 nitrogen and oxygen atoms in total. The summed E-state index contributed by atoms with van der Waals surface area (Å²) < 4.78 is 0. The Labute approximate surface area is 144 Å². The van der Waals surface area contributed by atoms with Gasteiger partial charge in [-0.05, 0) is 37.0 Å². The van der Waals surface area contributed by atoms with E-state index in [0.29, 0.717) is 11.4 Å². The number of aliphatic carboxylic acids is 1. The summed E-state index contributed by atoms with van der Waals surface area (Å²) in [4.78, 5) is 48.4. The molecule has 1 atom stereocenters. The molecule has 1 aliphatic carbocycles. The highest BCUT2D eigenvalue weighted by molar-refractivity contribution is 6.20. The number of urea groups is 1. The van der Waals surface area contributed by atoms with Gasteiger partial charge in [-0.2, -0.15) is 0 Å². The zero-order valence-corrected chi connectivity index (χ0v) is 13.5. The number of benzene rings is 1. The Morgan fingerprint density at radius 2 is 1.96 bits per heavy atom. The Bertz CT molecular complexity index is 711. The van der Waals surface area contributed by atoms with Gasteiger partial charge in [-0.25, -0.2) is 9.69 Å². The van der Waals surface area contributed by atoms with Gasteiger partial charge in [0.25, 0.3) is 5.91 Å². The summed E-state index contributed by atoms with van der Waals surface area (Å²) in [5.74, 6) is -3.35. The van der Waals surface area contributed by atoms with Crippen molar-refractivity contribution in [3.05, 3.63) is 24.3 Å². The molecule has 8 heteroatoms. The normalized spacial score (nSPS) is 19.0. The molecular weight excluding hydrogens is 326 g/mol. The van der Waals surface area contributed by atoms with Crippen LogP contribution < -0.4 is 15.5 Å². The lowest BCUT2D eigenvalue weighted by atomic mass is 9.90. The van der Waals surface area contributed by atoms with Gasteiger partial charge in [0.1, 0.15) is 5.92 Å². The molecule has 3 N–H and O–H groups in total. The number of nitrogens with one attached hydrogen (secondary N) is 2. The van der Waals surface area contributed by atoms with E-state index in [1.807, 2.05) is 0 Å². The number of nitrogens with zero attached hydrogens (tertiary/aromatic N) is 1. The van der Waals surface area contributed by atoms with Crippen molar-refractivity contribution >= 4 is 35.2 Å². The maximum absolute atomic E-state index is 12.5. The molecule has 0 radical (unpaired) electrons. The van der Waals surface area contributed by atoms with Gasteiger partial charge in [-0.3, -0.25) is 14.4 Å². The molecule has 1 unspecified atom stereocenters. The van der Waals surface area contributed by atoms with Gasteiger partial charge in [0.05, 0.1) is 12.2 Å². The van der Waals surface area contributed by atoms with Crippen molar-refractivity contribution in [3.63, 3.8) is 0 Å². The average molecular weight is 345 g/mol. The third kappa shape index (κ3) is 3.47. The van der Waals surface area contributed by atoms with E-state index < -0.39 is 23.8 Å². The highest BCUT2D eigenvalue weighted by atomic mass is 16.4. The lowest BCUT2D eigenvalue weighted by Crippen LogP contribution is -2.35. The molecule has 1 aromatic rings. The number of carbonyl (C=O) groups is 4. The number of rotatable bonds is 5. The predicted octanol–water partition coefficient (Wildman–Crippen LogP) is 1.57. The summed E-state index contributed by atoms with van der Waals surface area (Å²) in [5.41, 5.74) is 0.671. The van der Waals surface area contributed by atoms with Crippen LogP contribution in [0.4, 0.5) is 16.2 Å². The van der Waals surface area contributed by atoms with Crippen LogP contribution in [0.25, 0.3) is 0 Å². The molecule has 1 saturated heterocycles. The van der Waals surface area contributed by atoms with Gasteiger partial charge >= 0.3 is 12.0 Å². The number of amides is 4. The molecular formula is C17H19N3O5. The monoisotopic (exact) mass is 345 g/mol. The van der Waals surface area contributed by atoms with Crippen molar-refractivity contribution in [2.75, 3.05) is 16.8 Å². The fraction of sp³-hybridized carbons (Fsp3) is 0.412. The topological polar surface area (TPSA) is 116 Å². The minimum absolute atomic E-state index is 0.0712. The van der Waals surface area contributed by atoms with Crippen LogP contribution in [0.15, 0.2) is 24.3 Å². The zero-order valence-electron chi connectivity index (χ0n) is 13.5. The van der Waals surface area contributed by atoms with Gasteiger partial charge < -0.3 is 15.7 Å². The molecule has 132 valence electrons. The first-order chi connectivity index (χ1) is 12.0. The highest BCUT2D eigenvalue weighted by Crippen LogP contribution is 2.32. The molecule has 2 fully saturated rings. The molecule has 4 amide bonds. The minimum atomic E-state index is -1.13. The van der Waals surface area contributed by atoms with E-state index in [0.717, 1.165) is 30.6 Å². The third-order valence-corrected chi connectivity index (χ3v) is 4.63. The zero-order chi connectivity index (χ0) is 18.0. The van der Waals surface area contributed by atoms with Crippen LogP contribution in [-0.2, 0) is 14.4 Å². The van der Waals surface area contributed by atoms with Crippen molar-refractivity contribution in [3.8, 4) is 0 Å². The lowest BCUT2D eigenvalue weighted by Gasteiger charge is -2.19. The summed E-state index contributed by atoms with van der Waals surface area (Å²) in [5, 5.41) is 14.4. The summed E-state index contributed by atoms with van der Waals surface area (Å²) in [6, 6.07) is 5.71. The standard InChI is InChI=1S/C17H19N3O5/c21-13-9-18-17(25)20(13)12-7-3-6-11(8-12)19-15(22)14(16(23)24)10-4-1-2-5-10/h3,6-8,10,14H,1-2,4-5,9H2,(H,18,25)(H,19,22)(H,23,24). The first-order valence-electron chi connectivity index (χ1n) is 8.22. The maximum atomic E-state index is 12.5. The fourth-order valence-electron chi connectivity index (χ4n) is 3.45. The van der Waals surface area contributed by atoms with E-state index >= 15 is 0 Å². The lowest BCUT2D eigenvalue weighted by molar-refractivity contribution is -0.147. The molecule has 1 aliphatic heterocycles. The second-order valence-corrected chi connectivity index (χ2v) is 6.29. The predicted molar refractivity (Wildman–Crippen MR) is 89.0 cm³/mol. The number of hydrogen-bond donors (Lipinski definition) is 3. The SMILES string of the molecule is O=C(O)C(C(=O)Nc1cccc(N2C(=O)CNC2=O)c1)C1CCCC1. The van der Waals surface area contributed by atoms with E-state index in [1.165, 1.54) is 6.07 Å². The number of carboxylic acid groups (broad SMARTS) is 1. The average Bonchev–Trinajstić information content (AvgIpc) is 3.18. The number of carboxylic acids is 1. The molecule has 0 aromatic heterocycles. The Hall–Kier alpha value is -2.90. The summed E-state index contributed by atoms with van der Waals surface area (Å²) in [7, 11) is 0.